The highest BCUT2D eigenvalue weighted by atomic mass is 15.0. The van der Waals surface area contributed by atoms with Crippen LogP contribution in [0.25, 0.3) is 0 Å². The van der Waals surface area contributed by atoms with Crippen molar-refractivity contribution in [2.24, 2.45) is 9.98 Å². The number of aliphatic imine (C=N–C) groups is 2. The lowest BCUT2D eigenvalue weighted by Gasteiger charge is -1.95. The monoisotopic (exact) mass is 263 g/mol. The minimum atomic E-state index is -0.00819. The number of nitrogens with one attached hydrogen (secondary N) is 1. The van der Waals surface area contributed by atoms with Crippen molar-refractivity contribution in [3.05, 3.63) is 70.8 Å². The molecule has 0 amide bonds. The molecule has 0 aliphatic heterocycles. The van der Waals surface area contributed by atoms with Gasteiger partial charge in [0.15, 0.2) is 0 Å². The van der Waals surface area contributed by atoms with E-state index in [0.717, 1.165) is 11.1 Å². The molecule has 0 aliphatic carbocycles. The van der Waals surface area contributed by atoms with Crippen LogP contribution in [0, 0.1) is 19.3 Å². The van der Waals surface area contributed by atoms with Crippen molar-refractivity contribution >= 4 is 18.4 Å². The van der Waals surface area contributed by atoms with Gasteiger partial charge in [-0.1, -0.05) is 59.7 Å². The van der Waals surface area contributed by atoms with Crippen molar-refractivity contribution in [3.8, 4) is 0 Å². The zero-order valence-corrected chi connectivity index (χ0v) is 11.7. The Morgan fingerprint density at radius 2 is 1.10 bits per heavy atom. The van der Waals surface area contributed by atoms with Crippen LogP contribution < -0.4 is 0 Å². The molecule has 0 atom stereocenters. The lowest BCUT2D eigenvalue weighted by molar-refractivity contribution is 1.38. The molecule has 0 unspecified atom stereocenters. The Hall–Kier alpha value is -2.55. The van der Waals surface area contributed by atoms with Crippen LogP contribution in [0.15, 0.2) is 58.5 Å². The van der Waals surface area contributed by atoms with E-state index in [-0.39, 0.29) is 5.96 Å². The van der Waals surface area contributed by atoms with Crippen LogP contribution in [0.3, 0.4) is 0 Å². The zero-order valence-electron chi connectivity index (χ0n) is 11.7. The number of guanidine groups is 1. The van der Waals surface area contributed by atoms with Crippen molar-refractivity contribution < 1.29 is 0 Å². The van der Waals surface area contributed by atoms with E-state index in [1.807, 2.05) is 62.4 Å². The maximum atomic E-state index is 7.68. The van der Waals surface area contributed by atoms with Crippen LogP contribution in [0.1, 0.15) is 22.3 Å². The van der Waals surface area contributed by atoms with Gasteiger partial charge in [-0.2, -0.15) is 0 Å². The summed E-state index contributed by atoms with van der Waals surface area (Å²) in [5, 5.41) is 7.68. The Morgan fingerprint density at radius 3 is 1.45 bits per heavy atom. The third-order valence-corrected chi connectivity index (χ3v) is 2.83. The summed E-state index contributed by atoms with van der Waals surface area (Å²) in [6, 6.07) is 15.9. The average molecular weight is 263 g/mol. The van der Waals surface area contributed by atoms with Gasteiger partial charge in [0.2, 0.25) is 5.96 Å². The van der Waals surface area contributed by atoms with E-state index in [1.165, 1.54) is 11.1 Å². The largest absolute Gasteiger partial charge is 0.266 e. The molecule has 20 heavy (non-hydrogen) atoms. The molecule has 3 nitrogen and oxygen atoms in total. The van der Waals surface area contributed by atoms with E-state index >= 15 is 0 Å². The number of benzene rings is 2. The summed E-state index contributed by atoms with van der Waals surface area (Å²) in [5.74, 6) is -0.00819. The summed E-state index contributed by atoms with van der Waals surface area (Å²) in [4.78, 5) is 8.03. The predicted molar refractivity (Wildman–Crippen MR) is 85.3 cm³/mol. The molecule has 0 spiro atoms. The first-order chi connectivity index (χ1) is 9.63. The van der Waals surface area contributed by atoms with Crippen molar-refractivity contribution in [1.82, 2.24) is 0 Å². The fourth-order valence-corrected chi connectivity index (χ4v) is 1.61. The van der Waals surface area contributed by atoms with Gasteiger partial charge in [0, 0.05) is 12.4 Å². The van der Waals surface area contributed by atoms with Crippen LogP contribution in [0.5, 0.6) is 0 Å². The van der Waals surface area contributed by atoms with Gasteiger partial charge in [-0.3, -0.25) is 5.41 Å². The topological polar surface area (TPSA) is 48.6 Å². The van der Waals surface area contributed by atoms with E-state index in [4.69, 9.17) is 5.41 Å². The molecule has 0 radical (unpaired) electrons. The van der Waals surface area contributed by atoms with Gasteiger partial charge in [-0.15, -0.1) is 0 Å². The molecule has 0 heterocycles. The molecule has 0 saturated carbocycles. The highest BCUT2D eigenvalue weighted by Crippen LogP contribution is 2.01. The lowest BCUT2D eigenvalue weighted by atomic mass is 10.2. The van der Waals surface area contributed by atoms with E-state index in [1.54, 1.807) is 12.4 Å². The van der Waals surface area contributed by atoms with Crippen LogP contribution in [0.4, 0.5) is 0 Å². The summed E-state index contributed by atoms with van der Waals surface area (Å²) < 4.78 is 0. The normalized spacial score (nSPS) is 11.3. The maximum absolute atomic E-state index is 7.68. The summed E-state index contributed by atoms with van der Waals surface area (Å²) in [5.41, 5.74) is 4.33. The standard InChI is InChI=1S/C17H17N3/c1-13-3-7-15(8-4-13)11-19-17(18)20-12-16-9-5-14(2)6-10-16/h3-12,18H,1-2H3. The molecule has 0 aromatic heterocycles. The van der Waals surface area contributed by atoms with Gasteiger partial charge < -0.3 is 0 Å². The van der Waals surface area contributed by atoms with Crippen molar-refractivity contribution in [2.45, 2.75) is 13.8 Å². The van der Waals surface area contributed by atoms with Crippen molar-refractivity contribution in [2.75, 3.05) is 0 Å². The van der Waals surface area contributed by atoms with Gasteiger partial charge in [-0.25, -0.2) is 9.98 Å². The third kappa shape index (κ3) is 4.28. The average Bonchev–Trinajstić information content (AvgIpc) is 2.46. The minimum absolute atomic E-state index is 0.00819. The quantitative estimate of drug-likeness (QED) is 0.633. The van der Waals surface area contributed by atoms with Crippen molar-refractivity contribution in [1.29, 1.82) is 5.41 Å². The van der Waals surface area contributed by atoms with Gasteiger partial charge in [0.25, 0.3) is 0 Å². The summed E-state index contributed by atoms with van der Waals surface area (Å²) in [6.45, 7) is 4.07. The first kappa shape index (κ1) is 13.9. The fraction of sp³-hybridized carbons (Fsp3) is 0.118. The highest BCUT2D eigenvalue weighted by Gasteiger charge is 1.91. The van der Waals surface area contributed by atoms with Gasteiger partial charge in [0.1, 0.15) is 0 Å². The molecule has 1 N–H and O–H groups in total. The number of hydrogen-bond acceptors (Lipinski definition) is 1. The Bertz CT molecular complexity index is 577. The van der Waals surface area contributed by atoms with Crippen LogP contribution >= 0.6 is 0 Å². The predicted octanol–water partition coefficient (Wildman–Crippen LogP) is 3.78. The SMILES string of the molecule is Cc1ccc(C=NC(=N)N=Cc2ccc(C)cc2)cc1. The first-order valence-corrected chi connectivity index (χ1v) is 6.43. The van der Waals surface area contributed by atoms with Gasteiger partial charge in [-0.05, 0) is 25.0 Å². The van der Waals surface area contributed by atoms with Crippen LogP contribution in [-0.2, 0) is 0 Å². The van der Waals surface area contributed by atoms with E-state index in [2.05, 4.69) is 9.98 Å². The minimum Gasteiger partial charge on any atom is -0.266 e. The second kappa shape index (κ2) is 6.57. The summed E-state index contributed by atoms with van der Waals surface area (Å²) in [7, 11) is 0. The molecular formula is C17H17N3. The molecule has 0 saturated heterocycles. The Balaban J connectivity index is 1.98. The Kier molecular flexibility index (Phi) is 4.56. The lowest BCUT2D eigenvalue weighted by Crippen LogP contribution is -1.91. The molecule has 2 aromatic carbocycles. The maximum Gasteiger partial charge on any atom is 0.241 e. The number of hydrogen-bond donors (Lipinski definition) is 1. The molecule has 0 aliphatic rings. The molecule has 0 bridgehead atoms. The molecule has 3 heteroatoms. The van der Waals surface area contributed by atoms with E-state index in [9.17, 15) is 0 Å². The summed E-state index contributed by atoms with van der Waals surface area (Å²) >= 11 is 0. The molecule has 100 valence electrons. The number of aryl methyl sites for hydroxylation is 2. The first-order valence-electron chi connectivity index (χ1n) is 6.43. The highest BCUT2D eigenvalue weighted by molar-refractivity contribution is 5.97. The second-order valence-corrected chi connectivity index (χ2v) is 4.66. The van der Waals surface area contributed by atoms with E-state index < -0.39 is 0 Å². The molecular weight excluding hydrogens is 246 g/mol. The molecule has 2 aromatic rings. The van der Waals surface area contributed by atoms with Crippen molar-refractivity contribution in [3.63, 3.8) is 0 Å². The zero-order chi connectivity index (χ0) is 14.4. The van der Waals surface area contributed by atoms with Crippen LogP contribution in [-0.4, -0.2) is 18.4 Å². The third-order valence-electron chi connectivity index (χ3n) is 2.83. The second-order valence-electron chi connectivity index (χ2n) is 4.66. The van der Waals surface area contributed by atoms with E-state index in [0.29, 0.717) is 0 Å². The Morgan fingerprint density at radius 1 is 0.750 bits per heavy atom. The molecule has 2 rings (SSSR count). The summed E-state index contributed by atoms with van der Waals surface area (Å²) in [6.07, 6.45) is 3.29. The van der Waals surface area contributed by atoms with Gasteiger partial charge >= 0.3 is 0 Å². The smallest absolute Gasteiger partial charge is 0.241 e. The number of rotatable bonds is 2. The Labute approximate surface area is 119 Å². The fourth-order valence-electron chi connectivity index (χ4n) is 1.61. The van der Waals surface area contributed by atoms with Gasteiger partial charge in [0.05, 0.1) is 0 Å². The van der Waals surface area contributed by atoms with Crippen LogP contribution in [0.2, 0.25) is 0 Å². The molecule has 0 fully saturated rings. The number of nitrogens with zero attached hydrogens (tertiary/aromatic N) is 2.